The van der Waals surface area contributed by atoms with Crippen molar-refractivity contribution in [3.05, 3.63) is 0 Å². The Morgan fingerprint density at radius 3 is 2.53 bits per heavy atom. The van der Waals surface area contributed by atoms with Gasteiger partial charge in [0.25, 0.3) is 0 Å². The van der Waals surface area contributed by atoms with E-state index in [1.165, 1.54) is 0 Å². The van der Waals surface area contributed by atoms with Crippen molar-refractivity contribution in [3.63, 3.8) is 0 Å². The summed E-state index contributed by atoms with van der Waals surface area (Å²) in [6, 6.07) is 0. The van der Waals surface area contributed by atoms with Crippen LogP contribution in [0.1, 0.15) is 46.5 Å². The molecule has 4 heteroatoms. The van der Waals surface area contributed by atoms with Crippen LogP contribution >= 0.6 is 0 Å². The first-order valence-electron chi connectivity index (χ1n) is 6.48. The van der Waals surface area contributed by atoms with Gasteiger partial charge in [0.05, 0.1) is 5.92 Å². The van der Waals surface area contributed by atoms with Crippen LogP contribution < -0.4 is 5.32 Å². The lowest BCUT2D eigenvalue weighted by molar-refractivity contribution is -0.151. The number of hydrogen-bond donors (Lipinski definition) is 2. The van der Waals surface area contributed by atoms with Crippen LogP contribution in [-0.4, -0.2) is 35.9 Å². The largest absolute Gasteiger partial charge is 0.463 e. The number of carbonyl (C=O) groups is 1. The molecule has 0 amide bonds. The van der Waals surface area contributed by atoms with Crippen LogP contribution in [0.25, 0.3) is 0 Å². The van der Waals surface area contributed by atoms with Gasteiger partial charge in [0, 0.05) is 12.1 Å². The molecule has 0 spiro atoms. The van der Waals surface area contributed by atoms with Crippen molar-refractivity contribution in [1.82, 2.24) is 5.32 Å². The molecule has 0 bridgehead atoms. The second kappa shape index (κ2) is 6.36. The van der Waals surface area contributed by atoms with Gasteiger partial charge in [-0.2, -0.15) is 0 Å². The Morgan fingerprint density at radius 1 is 1.41 bits per heavy atom. The minimum Gasteiger partial charge on any atom is -0.463 e. The third kappa shape index (κ3) is 6.03. The van der Waals surface area contributed by atoms with Gasteiger partial charge in [0.2, 0.25) is 0 Å². The molecule has 0 aliphatic heterocycles. The fourth-order valence-electron chi connectivity index (χ4n) is 1.94. The maximum absolute atomic E-state index is 11.6. The fourth-order valence-corrected chi connectivity index (χ4v) is 1.94. The summed E-state index contributed by atoms with van der Waals surface area (Å²) in [5.41, 5.74) is -0.0313. The van der Waals surface area contributed by atoms with Crippen molar-refractivity contribution in [2.45, 2.75) is 58.1 Å². The molecule has 1 rings (SSSR count). The summed E-state index contributed by atoms with van der Waals surface area (Å²) < 4.78 is 5.12. The zero-order valence-electron chi connectivity index (χ0n) is 11.2. The van der Waals surface area contributed by atoms with Crippen LogP contribution in [0, 0.1) is 5.92 Å². The molecule has 0 heterocycles. The summed E-state index contributed by atoms with van der Waals surface area (Å²) in [6.45, 7) is 6.64. The second-order valence-corrected chi connectivity index (χ2v) is 5.90. The number of hydrogen-bond acceptors (Lipinski definition) is 4. The molecule has 1 aliphatic rings. The summed E-state index contributed by atoms with van der Waals surface area (Å²) in [4.78, 5) is 11.6. The molecule has 1 atom stereocenters. The van der Waals surface area contributed by atoms with E-state index in [-0.39, 0.29) is 24.0 Å². The molecule has 100 valence electrons. The highest BCUT2D eigenvalue weighted by atomic mass is 16.5. The number of nitrogens with one attached hydrogen (secondary N) is 1. The molecule has 17 heavy (non-hydrogen) atoms. The molecule has 1 saturated carbocycles. The van der Waals surface area contributed by atoms with Crippen molar-refractivity contribution in [2.24, 2.45) is 5.92 Å². The van der Waals surface area contributed by atoms with Gasteiger partial charge in [0.1, 0.15) is 12.7 Å². The van der Waals surface area contributed by atoms with Gasteiger partial charge in [0.15, 0.2) is 0 Å². The smallest absolute Gasteiger partial charge is 0.309 e. The first kappa shape index (κ1) is 14.5. The lowest BCUT2D eigenvalue weighted by Gasteiger charge is -2.23. The van der Waals surface area contributed by atoms with Crippen LogP contribution in [0.4, 0.5) is 0 Å². The highest BCUT2D eigenvalue weighted by molar-refractivity contribution is 5.72. The third-order valence-electron chi connectivity index (χ3n) is 2.97. The zero-order chi connectivity index (χ0) is 12.9. The Bertz CT molecular complexity index is 242. The van der Waals surface area contributed by atoms with E-state index in [4.69, 9.17) is 4.74 Å². The zero-order valence-corrected chi connectivity index (χ0v) is 11.2. The normalized spacial score (nSPS) is 19.3. The Balaban J connectivity index is 2.14. The van der Waals surface area contributed by atoms with E-state index in [1.54, 1.807) is 0 Å². The predicted molar refractivity (Wildman–Crippen MR) is 66.7 cm³/mol. The monoisotopic (exact) mass is 243 g/mol. The van der Waals surface area contributed by atoms with Gasteiger partial charge >= 0.3 is 5.97 Å². The number of esters is 1. The van der Waals surface area contributed by atoms with Gasteiger partial charge in [-0.25, -0.2) is 0 Å². The average molecular weight is 243 g/mol. The predicted octanol–water partition coefficient (Wildman–Crippen LogP) is 1.47. The summed E-state index contributed by atoms with van der Waals surface area (Å²) >= 11 is 0. The molecule has 2 N–H and O–H groups in total. The van der Waals surface area contributed by atoms with Crippen LogP contribution in [-0.2, 0) is 9.53 Å². The molecule has 0 aromatic heterocycles. The first-order chi connectivity index (χ1) is 7.88. The minimum atomic E-state index is -0.625. The summed E-state index contributed by atoms with van der Waals surface area (Å²) in [6.07, 6.45) is 3.49. The number of rotatable bonds is 5. The van der Waals surface area contributed by atoms with E-state index >= 15 is 0 Å². The van der Waals surface area contributed by atoms with Crippen LogP contribution in [0.15, 0.2) is 0 Å². The van der Waals surface area contributed by atoms with Gasteiger partial charge in [-0.15, -0.1) is 0 Å². The lowest BCUT2D eigenvalue weighted by Crippen LogP contribution is -2.42. The van der Waals surface area contributed by atoms with E-state index < -0.39 is 6.10 Å². The Hall–Kier alpha value is -0.610. The van der Waals surface area contributed by atoms with E-state index in [9.17, 15) is 9.90 Å². The SMILES string of the molecule is CC(C)(C)NC[C@H](O)COC(=O)C1CCCC1. The van der Waals surface area contributed by atoms with Crippen molar-refractivity contribution in [2.75, 3.05) is 13.2 Å². The molecule has 0 radical (unpaired) electrons. The average Bonchev–Trinajstić information content (AvgIpc) is 2.75. The van der Waals surface area contributed by atoms with Crippen LogP contribution in [0.2, 0.25) is 0 Å². The van der Waals surface area contributed by atoms with E-state index in [0.717, 1.165) is 25.7 Å². The standard InChI is InChI=1S/C13H25NO3/c1-13(2,3)14-8-11(15)9-17-12(16)10-6-4-5-7-10/h10-11,14-15H,4-9H2,1-3H3/t11-/m0/s1. The number of aliphatic hydroxyl groups excluding tert-OH is 1. The number of aliphatic hydroxyl groups is 1. The Morgan fingerprint density at radius 2 is 2.00 bits per heavy atom. The molecule has 4 nitrogen and oxygen atoms in total. The molecule has 1 aliphatic carbocycles. The summed E-state index contributed by atoms with van der Waals surface area (Å²) in [7, 11) is 0. The molecule has 0 saturated heterocycles. The molecule has 0 unspecified atom stereocenters. The number of ether oxygens (including phenoxy) is 1. The fraction of sp³-hybridized carbons (Fsp3) is 0.923. The van der Waals surface area contributed by atoms with Gasteiger partial charge in [-0.1, -0.05) is 12.8 Å². The Labute approximate surface area is 104 Å². The molecular weight excluding hydrogens is 218 g/mol. The quantitative estimate of drug-likeness (QED) is 0.718. The summed E-state index contributed by atoms with van der Waals surface area (Å²) in [5.74, 6) is -0.0740. The molecule has 1 fully saturated rings. The third-order valence-corrected chi connectivity index (χ3v) is 2.97. The summed E-state index contributed by atoms with van der Waals surface area (Å²) in [5, 5.41) is 12.8. The number of carbonyl (C=O) groups excluding carboxylic acids is 1. The molecule has 0 aromatic carbocycles. The molecular formula is C13H25NO3. The number of β-amino-alcohol motifs (C(OH)–C–C–N with tert-alkyl or cyclic N) is 1. The highest BCUT2D eigenvalue weighted by Crippen LogP contribution is 2.25. The van der Waals surface area contributed by atoms with Gasteiger partial charge in [-0.3, -0.25) is 4.79 Å². The maximum Gasteiger partial charge on any atom is 0.309 e. The van der Waals surface area contributed by atoms with Gasteiger partial charge < -0.3 is 15.2 Å². The van der Waals surface area contributed by atoms with Crippen LogP contribution in [0.5, 0.6) is 0 Å². The molecule has 0 aromatic rings. The minimum absolute atomic E-state index is 0.0313. The lowest BCUT2D eigenvalue weighted by atomic mass is 10.1. The second-order valence-electron chi connectivity index (χ2n) is 5.90. The van der Waals surface area contributed by atoms with Crippen molar-refractivity contribution >= 4 is 5.97 Å². The topological polar surface area (TPSA) is 58.6 Å². The van der Waals surface area contributed by atoms with E-state index in [0.29, 0.717) is 6.54 Å². The van der Waals surface area contributed by atoms with Crippen molar-refractivity contribution < 1.29 is 14.6 Å². The van der Waals surface area contributed by atoms with Crippen molar-refractivity contribution in [3.8, 4) is 0 Å². The van der Waals surface area contributed by atoms with Crippen LogP contribution in [0.3, 0.4) is 0 Å². The highest BCUT2D eigenvalue weighted by Gasteiger charge is 2.24. The Kier molecular flexibility index (Phi) is 5.40. The van der Waals surface area contributed by atoms with Gasteiger partial charge in [-0.05, 0) is 33.6 Å². The van der Waals surface area contributed by atoms with E-state index in [2.05, 4.69) is 5.32 Å². The maximum atomic E-state index is 11.6. The van der Waals surface area contributed by atoms with E-state index in [1.807, 2.05) is 20.8 Å². The first-order valence-corrected chi connectivity index (χ1v) is 6.48. The van der Waals surface area contributed by atoms with Crippen molar-refractivity contribution in [1.29, 1.82) is 0 Å².